The monoisotopic (exact) mass is 284 g/mol. The molecule has 2 aliphatic carbocycles. The number of nitrogens with one attached hydrogen (secondary N) is 2. The van der Waals surface area contributed by atoms with Gasteiger partial charge in [-0.25, -0.2) is 4.79 Å². The zero-order valence-corrected chi connectivity index (χ0v) is 11.7. The van der Waals surface area contributed by atoms with Crippen molar-refractivity contribution in [1.29, 1.82) is 0 Å². The highest BCUT2D eigenvalue weighted by Crippen LogP contribution is 2.25. The molecule has 6 nitrogen and oxygen atoms in total. The Hall–Kier alpha value is -1.30. The number of carbonyl (C=O) groups excluding carboxylic acids is 1. The Labute approximate surface area is 118 Å². The molecule has 0 aliphatic heterocycles. The maximum Gasteiger partial charge on any atom is 0.315 e. The lowest BCUT2D eigenvalue weighted by atomic mass is 9.86. The molecule has 2 aliphatic rings. The van der Waals surface area contributed by atoms with Crippen molar-refractivity contribution in [2.24, 2.45) is 11.8 Å². The van der Waals surface area contributed by atoms with Gasteiger partial charge < -0.3 is 20.8 Å². The minimum atomic E-state index is -0.733. The number of aliphatic hydroxyl groups excluding tert-OH is 1. The van der Waals surface area contributed by atoms with Gasteiger partial charge in [-0.2, -0.15) is 0 Å². The van der Waals surface area contributed by atoms with Crippen LogP contribution < -0.4 is 10.6 Å². The van der Waals surface area contributed by atoms with E-state index in [4.69, 9.17) is 5.11 Å². The van der Waals surface area contributed by atoms with Crippen LogP contribution in [0.5, 0.6) is 0 Å². The number of hydrogen-bond acceptors (Lipinski definition) is 3. The second-order valence-corrected chi connectivity index (χ2v) is 6.00. The third-order valence-corrected chi connectivity index (χ3v) is 4.56. The number of urea groups is 1. The number of carbonyl (C=O) groups is 2. The quantitative estimate of drug-likeness (QED) is 0.621. The van der Waals surface area contributed by atoms with E-state index in [1.54, 1.807) is 0 Å². The summed E-state index contributed by atoms with van der Waals surface area (Å²) in [6.45, 7) is 0.511. The number of hydrogen-bond donors (Lipinski definition) is 4. The van der Waals surface area contributed by atoms with Crippen molar-refractivity contribution in [3.63, 3.8) is 0 Å². The van der Waals surface area contributed by atoms with Gasteiger partial charge in [0, 0.05) is 18.5 Å². The van der Waals surface area contributed by atoms with E-state index in [0.717, 1.165) is 32.1 Å². The minimum Gasteiger partial charge on any atom is -0.481 e. The molecule has 2 amide bonds. The first-order chi connectivity index (χ1) is 9.56. The molecule has 0 aromatic rings. The number of rotatable bonds is 4. The molecule has 0 saturated heterocycles. The first-order valence-corrected chi connectivity index (χ1v) is 7.51. The predicted octanol–water partition coefficient (Wildman–Crippen LogP) is 1.09. The Morgan fingerprint density at radius 1 is 1.05 bits per heavy atom. The van der Waals surface area contributed by atoms with Gasteiger partial charge >= 0.3 is 12.0 Å². The van der Waals surface area contributed by atoms with Crippen LogP contribution in [0.2, 0.25) is 0 Å². The molecule has 0 aromatic carbocycles. The van der Waals surface area contributed by atoms with E-state index in [-0.39, 0.29) is 30.0 Å². The lowest BCUT2D eigenvalue weighted by Gasteiger charge is -2.27. The highest BCUT2D eigenvalue weighted by molar-refractivity contribution is 5.74. The lowest BCUT2D eigenvalue weighted by Crippen LogP contribution is -2.45. The third kappa shape index (κ3) is 4.10. The summed E-state index contributed by atoms with van der Waals surface area (Å²) in [5.74, 6) is -0.823. The van der Waals surface area contributed by atoms with Crippen LogP contribution in [0.3, 0.4) is 0 Å². The number of carboxylic acids is 1. The summed E-state index contributed by atoms with van der Waals surface area (Å²) in [5, 5.41) is 24.3. The van der Waals surface area contributed by atoms with Gasteiger partial charge in [0.2, 0.25) is 0 Å². The molecule has 20 heavy (non-hydrogen) atoms. The fraction of sp³-hybridized carbons (Fsp3) is 0.857. The van der Waals surface area contributed by atoms with E-state index in [2.05, 4.69) is 10.6 Å². The molecule has 114 valence electrons. The fourth-order valence-electron chi connectivity index (χ4n) is 3.20. The fourth-order valence-corrected chi connectivity index (χ4v) is 3.20. The first kappa shape index (κ1) is 15.1. The highest BCUT2D eigenvalue weighted by Gasteiger charge is 2.28. The van der Waals surface area contributed by atoms with Crippen LogP contribution in [-0.4, -0.2) is 40.9 Å². The minimum absolute atomic E-state index is 0.0686. The molecule has 0 heterocycles. The van der Waals surface area contributed by atoms with Crippen LogP contribution in [0.1, 0.15) is 44.9 Å². The molecule has 2 atom stereocenters. The van der Waals surface area contributed by atoms with E-state index in [1.165, 1.54) is 0 Å². The zero-order valence-electron chi connectivity index (χ0n) is 11.7. The van der Waals surface area contributed by atoms with E-state index in [0.29, 0.717) is 19.4 Å². The Kier molecular flexibility index (Phi) is 5.23. The average molecular weight is 284 g/mol. The largest absolute Gasteiger partial charge is 0.481 e. The summed E-state index contributed by atoms with van der Waals surface area (Å²) in [7, 11) is 0. The Bertz CT molecular complexity index is 353. The topological polar surface area (TPSA) is 98.7 Å². The maximum absolute atomic E-state index is 11.8. The smallest absolute Gasteiger partial charge is 0.315 e. The summed E-state index contributed by atoms with van der Waals surface area (Å²) in [5.41, 5.74) is 0. The van der Waals surface area contributed by atoms with Crippen LogP contribution in [0.25, 0.3) is 0 Å². The molecular weight excluding hydrogens is 260 g/mol. The van der Waals surface area contributed by atoms with Gasteiger partial charge in [-0.3, -0.25) is 4.79 Å². The predicted molar refractivity (Wildman–Crippen MR) is 73.3 cm³/mol. The van der Waals surface area contributed by atoms with Crippen molar-refractivity contribution in [2.45, 2.75) is 57.1 Å². The van der Waals surface area contributed by atoms with Crippen molar-refractivity contribution in [2.75, 3.05) is 6.54 Å². The number of aliphatic carboxylic acids is 1. The maximum atomic E-state index is 11.8. The molecule has 0 radical (unpaired) electrons. The van der Waals surface area contributed by atoms with Crippen molar-refractivity contribution in [3.8, 4) is 0 Å². The Balaban J connectivity index is 1.64. The van der Waals surface area contributed by atoms with Gasteiger partial charge in [0.25, 0.3) is 0 Å². The second kappa shape index (κ2) is 6.92. The molecule has 0 bridgehead atoms. The van der Waals surface area contributed by atoms with E-state index >= 15 is 0 Å². The molecule has 0 unspecified atom stereocenters. The van der Waals surface area contributed by atoms with Gasteiger partial charge in [0.1, 0.15) is 0 Å². The SMILES string of the molecule is O=C(NC[C@H]1CCC[C@@H]1O)NC1CCC(C(=O)O)CC1. The Morgan fingerprint density at radius 2 is 1.75 bits per heavy atom. The molecule has 6 heteroatoms. The second-order valence-electron chi connectivity index (χ2n) is 6.00. The molecule has 0 aromatic heterocycles. The summed E-state index contributed by atoms with van der Waals surface area (Å²) >= 11 is 0. The summed E-state index contributed by atoms with van der Waals surface area (Å²) < 4.78 is 0. The summed E-state index contributed by atoms with van der Waals surface area (Å²) in [4.78, 5) is 22.6. The standard InChI is InChI=1S/C14H24N2O4/c17-12-3-1-2-10(12)8-15-14(20)16-11-6-4-9(5-7-11)13(18)19/h9-12,17H,1-8H2,(H,18,19)(H2,15,16,20)/t9?,10-,11?,12+/m1/s1. The average Bonchev–Trinajstić information content (AvgIpc) is 2.82. The van der Waals surface area contributed by atoms with E-state index < -0.39 is 5.97 Å². The van der Waals surface area contributed by atoms with Crippen molar-refractivity contribution in [3.05, 3.63) is 0 Å². The van der Waals surface area contributed by atoms with Crippen LogP contribution >= 0.6 is 0 Å². The molecular formula is C14H24N2O4. The summed E-state index contributed by atoms with van der Waals surface area (Å²) in [6, 6.07) is -0.137. The van der Waals surface area contributed by atoms with E-state index in [9.17, 15) is 14.7 Å². The molecule has 2 saturated carbocycles. The van der Waals surface area contributed by atoms with Crippen molar-refractivity contribution < 1.29 is 19.8 Å². The van der Waals surface area contributed by atoms with Gasteiger partial charge in [0.15, 0.2) is 0 Å². The Morgan fingerprint density at radius 3 is 2.30 bits per heavy atom. The zero-order chi connectivity index (χ0) is 14.5. The molecule has 4 N–H and O–H groups in total. The van der Waals surface area contributed by atoms with Gasteiger partial charge in [-0.15, -0.1) is 0 Å². The first-order valence-electron chi connectivity index (χ1n) is 7.51. The normalized spacial score (nSPS) is 33.6. The molecule has 2 fully saturated rings. The van der Waals surface area contributed by atoms with E-state index in [1.807, 2.05) is 0 Å². The lowest BCUT2D eigenvalue weighted by molar-refractivity contribution is -0.142. The highest BCUT2D eigenvalue weighted by atomic mass is 16.4. The van der Waals surface area contributed by atoms with Crippen LogP contribution in [-0.2, 0) is 4.79 Å². The van der Waals surface area contributed by atoms with Gasteiger partial charge in [-0.05, 0) is 38.5 Å². The molecule has 2 rings (SSSR count). The third-order valence-electron chi connectivity index (χ3n) is 4.56. The molecule has 0 spiro atoms. The van der Waals surface area contributed by atoms with Crippen LogP contribution in [0.4, 0.5) is 4.79 Å². The number of carboxylic acid groups (broad SMARTS) is 1. The summed E-state index contributed by atoms with van der Waals surface area (Å²) in [6.07, 6.45) is 5.21. The van der Waals surface area contributed by atoms with Crippen molar-refractivity contribution >= 4 is 12.0 Å². The van der Waals surface area contributed by atoms with Crippen LogP contribution in [0.15, 0.2) is 0 Å². The van der Waals surface area contributed by atoms with Gasteiger partial charge in [-0.1, -0.05) is 6.42 Å². The van der Waals surface area contributed by atoms with Gasteiger partial charge in [0.05, 0.1) is 12.0 Å². The van der Waals surface area contributed by atoms with Crippen molar-refractivity contribution in [1.82, 2.24) is 10.6 Å². The number of amides is 2. The van der Waals surface area contributed by atoms with Crippen LogP contribution in [0, 0.1) is 11.8 Å². The number of aliphatic hydroxyl groups is 1.